The van der Waals surface area contributed by atoms with Gasteiger partial charge in [-0.25, -0.2) is 14.4 Å². The van der Waals surface area contributed by atoms with Gasteiger partial charge < -0.3 is 4.90 Å². The van der Waals surface area contributed by atoms with Gasteiger partial charge in [0.1, 0.15) is 17.5 Å². The molecule has 0 radical (unpaired) electrons. The van der Waals surface area contributed by atoms with Gasteiger partial charge in [-0.15, -0.1) is 0 Å². The van der Waals surface area contributed by atoms with E-state index in [1.54, 1.807) is 17.0 Å². The van der Waals surface area contributed by atoms with Gasteiger partial charge in [-0.3, -0.25) is 14.5 Å². The Morgan fingerprint density at radius 3 is 2.67 bits per heavy atom. The van der Waals surface area contributed by atoms with Gasteiger partial charge in [0.2, 0.25) is 11.8 Å². The Morgan fingerprint density at radius 1 is 1.23 bits per heavy atom. The Balaban J connectivity index is 1.61. The maximum Gasteiger partial charge on any atom is 0.233 e. The average molecular weight is 410 g/mol. The molecule has 0 bridgehead atoms. The van der Waals surface area contributed by atoms with Gasteiger partial charge in [-0.05, 0) is 37.5 Å². The quantitative estimate of drug-likeness (QED) is 0.775. The molecule has 6 nitrogen and oxygen atoms in total. The molecule has 1 aromatic carbocycles. The topological polar surface area (TPSA) is 66.4 Å². The van der Waals surface area contributed by atoms with Crippen LogP contribution in [0.4, 0.5) is 10.2 Å². The van der Waals surface area contributed by atoms with E-state index in [9.17, 15) is 14.0 Å². The fraction of sp³-hybridized carbons (Fsp3) is 0.478. The number of benzene rings is 1. The van der Waals surface area contributed by atoms with E-state index in [0.29, 0.717) is 24.7 Å². The van der Waals surface area contributed by atoms with Gasteiger partial charge in [0.05, 0.1) is 13.0 Å². The number of carbonyl (C=O) groups excluding carboxylic acids is 2. The number of piperidine rings is 1. The van der Waals surface area contributed by atoms with Crippen molar-refractivity contribution in [1.29, 1.82) is 0 Å². The molecule has 0 saturated carbocycles. The zero-order valence-corrected chi connectivity index (χ0v) is 17.7. The van der Waals surface area contributed by atoms with Gasteiger partial charge in [0.15, 0.2) is 0 Å². The lowest BCUT2D eigenvalue weighted by molar-refractivity contribution is -0.135. The molecule has 3 heterocycles. The zero-order valence-electron chi connectivity index (χ0n) is 17.7. The van der Waals surface area contributed by atoms with Crippen LogP contribution < -0.4 is 4.90 Å². The molecule has 1 saturated heterocycles. The summed E-state index contributed by atoms with van der Waals surface area (Å²) in [6.45, 7) is 7.48. The van der Waals surface area contributed by atoms with E-state index in [1.165, 1.54) is 12.1 Å². The highest BCUT2D eigenvalue weighted by Gasteiger charge is 2.34. The van der Waals surface area contributed by atoms with Crippen LogP contribution in [0, 0.1) is 18.7 Å². The fourth-order valence-electron chi connectivity index (χ4n) is 4.27. The summed E-state index contributed by atoms with van der Waals surface area (Å²) in [6.07, 6.45) is 2.12. The second-order valence-corrected chi connectivity index (χ2v) is 8.53. The van der Waals surface area contributed by atoms with Crippen molar-refractivity contribution in [2.75, 3.05) is 18.0 Å². The van der Waals surface area contributed by atoms with E-state index in [2.05, 4.69) is 0 Å². The first-order valence-electron chi connectivity index (χ1n) is 10.5. The Bertz CT molecular complexity index is 974. The van der Waals surface area contributed by atoms with Crippen LogP contribution in [0.5, 0.6) is 0 Å². The molecular formula is C23H27FN4O2. The molecule has 0 N–H and O–H groups in total. The summed E-state index contributed by atoms with van der Waals surface area (Å²) < 4.78 is 13.2. The molecule has 158 valence electrons. The lowest BCUT2D eigenvalue weighted by Crippen LogP contribution is -2.41. The average Bonchev–Trinajstić information content (AvgIpc) is 3.05. The van der Waals surface area contributed by atoms with Gasteiger partial charge in [0, 0.05) is 36.2 Å². The number of halogens is 1. The summed E-state index contributed by atoms with van der Waals surface area (Å²) >= 11 is 0. The molecule has 1 fully saturated rings. The Morgan fingerprint density at radius 2 is 1.97 bits per heavy atom. The monoisotopic (exact) mass is 410 g/mol. The minimum absolute atomic E-state index is 0.0240. The summed E-state index contributed by atoms with van der Waals surface area (Å²) in [5.74, 6) is 1.22. The molecule has 1 aromatic heterocycles. The molecule has 30 heavy (non-hydrogen) atoms. The Kier molecular flexibility index (Phi) is 5.54. The first-order chi connectivity index (χ1) is 14.3. The van der Waals surface area contributed by atoms with Crippen molar-refractivity contribution in [2.24, 2.45) is 5.92 Å². The van der Waals surface area contributed by atoms with Crippen LogP contribution in [0.3, 0.4) is 0 Å². The lowest BCUT2D eigenvalue weighted by atomic mass is 9.95. The molecule has 2 aromatic rings. The maximum atomic E-state index is 13.2. The van der Waals surface area contributed by atoms with Gasteiger partial charge in [0.25, 0.3) is 0 Å². The molecule has 4 rings (SSSR count). The molecule has 2 aliphatic heterocycles. The number of likely N-dealkylation sites (tertiary alicyclic amines) is 1. The van der Waals surface area contributed by atoms with E-state index >= 15 is 0 Å². The smallest absolute Gasteiger partial charge is 0.233 e. The standard InChI is InChI=1S/C23H27FN4O2/c1-14(2)23(30)27-10-4-5-17(13-27)21-25-15(3)19-11-20(29)28(22(19)26-21)12-16-6-8-18(24)9-7-16/h6-9,14,17H,4-5,10-13H2,1-3H3. The number of carbonyl (C=O) groups is 2. The van der Waals surface area contributed by atoms with Crippen LogP contribution in [0.25, 0.3) is 0 Å². The molecule has 7 heteroatoms. The number of nitrogens with zero attached hydrogens (tertiary/aromatic N) is 4. The van der Waals surface area contributed by atoms with E-state index in [1.807, 2.05) is 25.7 Å². The first-order valence-corrected chi connectivity index (χ1v) is 10.5. The van der Waals surface area contributed by atoms with Gasteiger partial charge in [-0.1, -0.05) is 26.0 Å². The molecule has 1 unspecified atom stereocenters. The van der Waals surface area contributed by atoms with Crippen molar-refractivity contribution in [3.05, 3.63) is 52.7 Å². The Labute approximate surface area is 176 Å². The van der Waals surface area contributed by atoms with E-state index in [0.717, 1.165) is 36.2 Å². The number of hydrogen-bond donors (Lipinski definition) is 0. The molecular weight excluding hydrogens is 383 g/mol. The third-order valence-electron chi connectivity index (χ3n) is 5.94. The third-order valence-corrected chi connectivity index (χ3v) is 5.94. The van der Waals surface area contributed by atoms with Crippen LogP contribution >= 0.6 is 0 Å². The van der Waals surface area contributed by atoms with Crippen LogP contribution in [-0.4, -0.2) is 39.8 Å². The second kappa shape index (κ2) is 8.13. The van der Waals surface area contributed by atoms with Crippen molar-refractivity contribution in [2.45, 2.75) is 52.5 Å². The number of aryl methyl sites for hydroxylation is 1. The second-order valence-electron chi connectivity index (χ2n) is 8.53. The van der Waals surface area contributed by atoms with Crippen molar-refractivity contribution in [1.82, 2.24) is 14.9 Å². The number of hydrogen-bond acceptors (Lipinski definition) is 4. The maximum absolute atomic E-state index is 13.2. The largest absolute Gasteiger partial charge is 0.342 e. The zero-order chi connectivity index (χ0) is 21.4. The summed E-state index contributed by atoms with van der Waals surface area (Å²) in [5.41, 5.74) is 2.52. The summed E-state index contributed by atoms with van der Waals surface area (Å²) in [4.78, 5) is 38.2. The summed E-state index contributed by atoms with van der Waals surface area (Å²) in [6, 6.07) is 6.17. The van der Waals surface area contributed by atoms with Crippen LogP contribution in [0.1, 0.15) is 55.3 Å². The number of amides is 2. The highest BCUT2D eigenvalue weighted by molar-refractivity contribution is 6.00. The molecule has 0 spiro atoms. The number of anilines is 1. The lowest BCUT2D eigenvalue weighted by Gasteiger charge is -2.33. The van der Waals surface area contributed by atoms with E-state index in [-0.39, 0.29) is 35.9 Å². The Hall–Kier alpha value is -2.83. The van der Waals surface area contributed by atoms with E-state index in [4.69, 9.17) is 9.97 Å². The third kappa shape index (κ3) is 3.93. The first kappa shape index (κ1) is 20.4. The fourth-order valence-corrected chi connectivity index (χ4v) is 4.27. The minimum Gasteiger partial charge on any atom is -0.342 e. The molecule has 1 atom stereocenters. The SMILES string of the molecule is Cc1nc(C2CCCN(C(=O)C(C)C)C2)nc2c1CC(=O)N2Cc1ccc(F)cc1. The number of aromatic nitrogens is 2. The van der Waals surface area contributed by atoms with Gasteiger partial charge >= 0.3 is 0 Å². The molecule has 2 amide bonds. The van der Waals surface area contributed by atoms with Crippen molar-refractivity contribution in [3.8, 4) is 0 Å². The number of rotatable bonds is 4. The van der Waals surface area contributed by atoms with Crippen LogP contribution in [0.15, 0.2) is 24.3 Å². The predicted octanol–water partition coefficient (Wildman–Crippen LogP) is 3.38. The predicted molar refractivity (Wildman–Crippen MR) is 111 cm³/mol. The van der Waals surface area contributed by atoms with Crippen LogP contribution in [-0.2, 0) is 22.6 Å². The van der Waals surface area contributed by atoms with E-state index < -0.39 is 0 Å². The molecule has 2 aliphatic rings. The van der Waals surface area contributed by atoms with Gasteiger partial charge in [-0.2, -0.15) is 0 Å². The summed E-state index contributed by atoms with van der Waals surface area (Å²) in [5, 5.41) is 0. The van der Waals surface area contributed by atoms with Crippen molar-refractivity contribution in [3.63, 3.8) is 0 Å². The van der Waals surface area contributed by atoms with Crippen molar-refractivity contribution < 1.29 is 14.0 Å². The highest BCUT2D eigenvalue weighted by Crippen LogP contribution is 2.33. The molecule has 0 aliphatic carbocycles. The minimum atomic E-state index is -0.301. The highest BCUT2D eigenvalue weighted by atomic mass is 19.1. The van der Waals surface area contributed by atoms with Crippen LogP contribution in [0.2, 0.25) is 0 Å². The summed E-state index contributed by atoms with van der Waals surface area (Å²) in [7, 11) is 0. The number of fused-ring (bicyclic) bond motifs is 1. The normalized spacial score (nSPS) is 18.8. The van der Waals surface area contributed by atoms with Crippen molar-refractivity contribution >= 4 is 17.6 Å².